The van der Waals surface area contributed by atoms with Gasteiger partial charge in [0.05, 0.1) is 12.2 Å². The lowest BCUT2D eigenvalue weighted by molar-refractivity contribution is 0.0695. The summed E-state index contributed by atoms with van der Waals surface area (Å²) in [7, 11) is 0. The second-order valence-corrected chi connectivity index (χ2v) is 6.58. The smallest absolute Gasteiger partial charge is 0.340 e. The van der Waals surface area contributed by atoms with Gasteiger partial charge in [-0.25, -0.2) is 9.48 Å². The minimum atomic E-state index is -1.03. The lowest BCUT2D eigenvalue weighted by atomic mass is 10.1. The first kappa shape index (κ1) is 16.0. The van der Waals surface area contributed by atoms with Gasteiger partial charge in [-0.2, -0.15) is 5.10 Å². The molecule has 0 saturated heterocycles. The van der Waals surface area contributed by atoms with Gasteiger partial charge in [-0.15, -0.1) is 0 Å². The standard InChI is InChI=1S/C15H16BrClN2O2/c1-9(2)6-12-13(15(20)21)14(17)19(18-12)8-10-4-3-5-11(16)7-10/h3-5,7,9H,6,8H2,1-2H3,(H,20,21). The summed E-state index contributed by atoms with van der Waals surface area (Å²) in [5.41, 5.74) is 1.65. The highest BCUT2D eigenvalue weighted by Crippen LogP contribution is 2.24. The summed E-state index contributed by atoms with van der Waals surface area (Å²) in [5.74, 6) is -0.718. The number of rotatable bonds is 5. The molecular weight excluding hydrogens is 356 g/mol. The van der Waals surface area contributed by atoms with E-state index in [1.807, 2.05) is 38.1 Å². The van der Waals surface area contributed by atoms with Crippen molar-refractivity contribution in [2.45, 2.75) is 26.8 Å². The Labute approximate surface area is 136 Å². The van der Waals surface area contributed by atoms with Crippen LogP contribution in [0.3, 0.4) is 0 Å². The van der Waals surface area contributed by atoms with E-state index in [1.54, 1.807) is 4.68 Å². The fraction of sp³-hybridized carbons (Fsp3) is 0.333. The molecule has 0 fully saturated rings. The van der Waals surface area contributed by atoms with Gasteiger partial charge in [0.15, 0.2) is 0 Å². The van der Waals surface area contributed by atoms with E-state index in [2.05, 4.69) is 21.0 Å². The van der Waals surface area contributed by atoms with Gasteiger partial charge in [0.1, 0.15) is 10.7 Å². The first-order valence-electron chi connectivity index (χ1n) is 6.61. The summed E-state index contributed by atoms with van der Waals surface area (Å²) in [6.45, 7) is 4.48. The van der Waals surface area contributed by atoms with Crippen LogP contribution in [0, 0.1) is 5.92 Å². The molecule has 0 amide bonds. The van der Waals surface area contributed by atoms with Gasteiger partial charge in [-0.1, -0.05) is 53.5 Å². The summed E-state index contributed by atoms with van der Waals surface area (Å²) < 4.78 is 2.51. The molecular formula is C15H16BrClN2O2. The normalized spacial score (nSPS) is 11.1. The zero-order valence-electron chi connectivity index (χ0n) is 11.8. The third-order valence-electron chi connectivity index (χ3n) is 3.00. The van der Waals surface area contributed by atoms with Crippen molar-refractivity contribution >= 4 is 33.5 Å². The summed E-state index contributed by atoms with van der Waals surface area (Å²) >= 11 is 9.62. The third kappa shape index (κ3) is 3.86. The fourth-order valence-corrected chi connectivity index (χ4v) is 2.88. The Morgan fingerprint density at radius 3 is 2.76 bits per heavy atom. The van der Waals surface area contributed by atoms with Gasteiger partial charge in [0, 0.05) is 4.47 Å². The van der Waals surface area contributed by atoms with Crippen LogP contribution in [0.15, 0.2) is 28.7 Å². The molecule has 112 valence electrons. The Kier molecular flexibility index (Phi) is 5.06. The van der Waals surface area contributed by atoms with Crippen LogP contribution in [0.2, 0.25) is 5.15 Å². The minimum Gasteiger partial charge on any atom is -0.478 e. The van der Waals surface area contributed by atoms with Crippen LogP contribution >= 0.6 is 27.5 Å². The van der Waals surface area contributed by atoms with E-state index in [0.717, 1.165) is 10.0 Å². The molecule has 0 radical (unpaired) electrons. The number of carbonyl (C=O) groups is 1. The average Bonchev–Trinajstić information content (AvgIpc) is 2.65. The molecule has 0 unspecified atom stereocenters. The SMILES string of the molecule is CC(C)Cc1nn(Cc2cccc(Br)c2)c(Cl)c1C(=O)O. The topological polar surface area (TPSA) is 55.1 Å². The molecule has 0 bridgehead atoms. The minimum absolute atomic E-state index is 0.111. The second-order valence-electron chi connectivity index (χ2n) is 5.30. The average molecular weight is 372 g/mol. The van der Waals surface area contributed by atoms with Gasteiger partial charge < -0.3 is 5.11 Å². The van der Waals surface area contributed by atoms with E-state index in [9.17, 15) is 9.90 Å². The van der Waals surface area contributed by atoms with Gasteiger partial charge in [-0.3, -0.25) is 0 Å². The Morgan fingerprint density at radius 2 is 2.19 bits per heavy atom. The maximum absolute atomic E-state index is 11.4. The van der Waals surface area contributed by atoms with E-state index >= 15 is 0 Å². The van der Waals surface area contributed by atoms with Crippen molar-refractivity contribution in [1.82, 2.24) is 9.78 Å². The zero-order chi connectivity index (χ0) is 15.6. The van der Waals surface area contributed by atoms with Crippen molar-refractivity contribution in [3.05, 3.63) is 50.7 Å². The highest BCUT2D eigenvalue weighted by molar-refractivity contribution is 9.10. The van der Waals surface area contributed by atoms with Crippen LogP contribution in [0.1, 0.15) is 35.5 Å². The second kappa shape index (κ2) is 6.62. The number of aromatic carboxylic acids is 1. The van der Waals surface area contributed by atoms with Gasteiger partial charge in [0.25, 0.3) is 0 Å². The molecule has 0 atom stereocenters. The van der Waals surface area contributed by atoms with Gasteiger partial charge >= 0.3 is 5.97 Å². The molecule has 0 aliphatic heterocycles. The predicted octanol–water partition coefficient (Wildman–Crippen LogP) is 4.24. The quantitative estimate of drug-likeness (QED) is 0.855. The van der Waals surface area contributed by atoms with Crippen molar-refractivity contribution in [1.29, 1.82) is 0 Å². The number of halogens is 2. The Morgan fingerprint density at radius 1 is 1.48 bits per heavy atom. The summed E-state index contributed by atoms with van der Waals surface area (Å²) in [5, 5.41) is 13.9. The number of benzene rings is 1. The summed E-state index contributed by atoms with van der Waals surface area (Å²) in [6.07, 6.45) is 0.590. The maximum Gasteiger partial charge on any atom is 0.340 e. The highest BCUT2D eigenvalue weighted by Gasteiger charge is 2.22. The molecule has 21 heavy (non-hydrogen) atoms. The molecule has 0 aliphatic carbocycles. The lowest BCUT2D eigenvalue weighted by Gasteiger charge is -2.04. The van der Waals surface area contributed by atoms with Crippen LogP contribution in [-0.2, 0) is 13.0 Å². The number of hydrogen-bond donors (Lipinski definition) is 1. The van der Waals surface area contributed by atoms with E-state index in [1.165, 1.54) is 0 Å². The van der Waals surface area contributed by atoms with E-state index in [-0.39, 0.29) is 10.7 Å². The molecule has 2 rings (SSSR count). The van der Waals surface area contributed by atoms with Crippen LogP contribution in [0.25, 0.3) is 0 Å². The number of aromatic nitrogens is 2. The zero-order valence-corrected chi connectivity index (χ0v) is 14.1. The summed E-state index contributed by atoms with van der Waals surface area (Å²) in [4.78, 5) is 11.4. The van der Waals surface area contributed by atoms with Gasteiger partial charge in [0.2, 0.25) is 0 Å². The van der Waals surface area contributed by atoms with Crippen molar-refractivity contribution in [3.63, 3.8) is 0 Å². The van der Waals surface area contributed by atoms with Crippen LogP contribution in [0.4, 0.5) is 0 Å². The van der Waals surface area contributed by atoms with Crippen LogP contribution in [-0.4, -0.2) is 20.9 Å². The van der Waals surface area contributed by atoms with E-state index < -0.39 is 5.97 Å². The summed E-state index contributed by atoms with van der Waals surface area (Å²) in [6, 6.07) is 7.76. The molecule has 6 heteroatoms. The van der Waals surface area contributed by atoms with Crippen LogP contribution < -0.4 is 0 Å². The van der Waals surface area contributed by atoms with E-state index in [4.69, 9.17) is 11.6 Å². The molecule has 0 aliphatic rings. The van der Waals surface area contributed by atoms with Crippen molar-refractivity contribution in [2.24, 2.45) is 5.92 Å². The molecule has 4 nitrogen and oxygen atoms in total. The van der Waals surface area contributed by atoms with Gasteiger partial charge in [-0.05, 0) is 30.0 Å². The first-order valence-corrected chi connectivity index (χ1v) is 7.78. The largest absolute Gasteiger partial charge is 0.478 e. The van der Waals surface area contributed by atoms with Crippen molar-refractivity contribution in [2.75, 3.05) is 0 Å². The molecule has 1 heterocycles. The monoisotopic (exact) mass is 370 g/mol. The molecule has 1 aromatic carbocycles. The highest BCUT2D eigenvalue weighted by atomic mass is 79.9. The predicted molar refractivity (Wildman–Crippen MR) is 86.0 cm³/mol. The Bertz CT molecular complexity index is 668. The Balaban J connectivity index is 2.38. The third-order valence-corrected chi connectivity index (χ3v) is 3.88. The van der Waals surface area contributed by atoms with Crippen molar-refractivity contribution < 1.29 is 9.90 Å². The Hall–Kier alpha value is -1.33. The molecule has 1 N–H and O–H groups in total. The van der Waals surface area contributed by atoms with Crippen LogP contribution in [0.5, 0.6) is 0 Å². The molecule has 2 aromatic rings. The molecule has 0 spiro atoms. The molecule has 1 aromatic heterocycles. The van der Waals surface area contributed by atoms with E-state index in [0.29, 0.717) is 24.6 Å². The fourth-order valence-electron chi connectivity index (χ4n) is 2.14. The molecule has 0 saturated carbocycles. The van der Waals surface area contributed by atoms with Crippen molar-refractivity contribution in [3.8, 4) is 0 Å². The number of carboxylic acid groups (broad SMARTS) is 1. The number of hydrogen-bond acceptors (Lipinski definition) is 2. The number of carboxylic acids is 1. The first-order chi connectivity index (χ1) is 9.88. The maximum atomic E-state index is 11.4. The lowest BCUT2D eigenvalue weighted by Crippen LogP contribution is -2.04. The number of nitrogens with zero attached hydrogens (tertiary/aromatic N) is 2.